The van der Waals surface area contributed by atoms with Gasteiger partial charge in [-0.15, -0.1) is 0 Å². The Bertz CT molecular complexity index is 695. The zero-order valence-electron chi connectivity index (χ0n) is 15.1. The zero-order chi connectivity index (χ0) is 17.3. The van der Waals surface area contributed by atoms with Crippen LogP contribution in [0.3, 0.4) is 0 Å². The fourth-order valence-electron chi connectivity index (χ4n) is 6.75. The first-order chi connectivity index (χ1) is 11.3. The van der Waals surface area contributed by atoms with Gasteiger partial charge in [0.05, 0.1) is 0 Å². The van der Waals surface area contributed by atoms with E-state index in [-0.39, 0.29) is 16.6 Å². The normalized spacial score (nSPS) is 44.2. The maximum atomic E-state index is 12.8. The molecule has 4 aliphatic rings. The van der Waals surface area contributed by atoms with Crippen molar-refractivity contribution in [1.29, 1.82) is 0 Å². The van der Waals surface area contributed by atoms with Crippen molar-refractivity contribution in [3.05, 3.63) is 36.0 Å². The van der Waals surface area contributed by atoms with Crippen molar-refractivity contribution in [2.24, 2.45) is 34.5 Å². The largest absolute Gasteiger partial charge is 0.299 e. The van der Waals surface area contributed by atoms with Gasteiger partial charge in [0.15, 0.2) is 5.78 Å². The van der Waals surface area contributed by atoms with Crippen molar-refractivity contribution in [2.45, 2.75) is 52.9 Å². The van der Waals surface area contributed by atoms with E-state index >= 15 is 0 Å². The summed E-state index contributed by atoms with van der Waals surface area (Å²) < 4.78 is 0. The predicted octanol–water partition coefficient (Wildman–Crippen LogP) is 4.67. The Morgan fingerprint density at radius 2 is 1.96 bits per heavy atom. The van der Waals surface area contributed by atoms with E-state index in [2.05, 4.69) is 33.4 Å². The Labute approximate surface area is 145 Å². The summed E-state index contributed by atoms with van der Waals surface area (Å²) in [6.07, 6.45) is 10.5. The molecule has 0 N–H and O–H groups in total. The van der Waals surface area contributed by atoms with Crippen molar-refractivity contribution in [2.75, 3.05) is 0 Å². The topological polar surface area (TPSA) is 34.1 Å². The molecule has 0 amide bonds. The van der Waals surface area contributed by atoms with Gasteiger partial charge in [0, 0.05) is 17.3 Å². The summed E-state index contributed by atoms with van der Waals surface area (Å²) in [5.41, 5.74) is 2.09. The van der Waals surface area contributed by atoms with Crippen LogP contribution in [-0.2, 0) is 9.59 Å². The number of carbonyl (C=O) groups excluding carboxylic acids is 2. The van der Waals surface area contributed by atoms with Gasteiger partial charge >= 0.3 is 0 Å². The van der Waals surface area contributed by atoms with Crippen LogP contribution in [-0.4, -0.2) is 11.6 Å². The molecule has 0 aliphatic heterocycles. The second-order valence-electron chi connectivity index (χ2n) is 8.96. The van der Waals surface area contributed by atoms with Crippen molar-refractivity contribution in [3.63, 3.8) is 0 Å². The molecular formula is C22H28O2. The lowest BCUT2D eigenvalue weighted by Crippen LogP contribution is -2.52. The van der Waals surface area contributed by atoms with Gasteiger partial charge in [0.2, 0.25) is 0 Å². The third kappa shape index (κ3) is 1.83. The van der Waals surface area contributed by atoms with Crippen LogP contribution < -0.4 is 0 Å². The van der Waals surface area contributed by atoms with Gasteiger partial charge in [-0.3, -0.25) is 9.59 Å². The molecule has 0 unspecified atom stereocenters. The first-order valence-corrected chi connectivity index (χ1v) is 9.47. The lowest BCUT2D eigenvalue weighted by atomic mass is 9.46. The Morgan fingerprint density at radius 1 is 1.21 bits per heavy atom. The Kier molecular flexibility index (Phi) is 3.37. The van der Waals surface area contributed by atoms with E-state index < -0.39 is 0 Å². The second kappa shape index (κ2) is 5.03. The fraction of sp³-hybridized carbons (Fsp3) is 0.636. The summed E-state index contributed by atoms with van der Waals surface area (Å²) in [4.78, 5) is 24.7. The molecule has 24 heavy (non-hydrogen) atoms. The molecule has 0 heterocycles. The Morgan fingerprint density at radius 3 is 2.67 bits per heavy atom. The van der Waals surface area contributed by atoms with E-state index in [1.807, 2.05) is 6.08 Å². The number of rotatable bonds is 1. The van der Waals surface area contributed by atoms with E-state index in [4.69, 9.17) is 0 Å². The van der Waals surface area contributed by atoms with Crippen molar-refractivity contribution < 1.29 is 9.59 Å². The number of ketones is 2. The minimum absolute atomic E-state index is 0.0807. The van der Waals surface area contributed by atoms with Gasteiger partial charge < -0.3 is 0 Å². The highest BCUT2D eigenvalue weighted by atomic mass is 16.1. The molecule has 5 atom stereocenters. The lowest BCUT2D eigenvalue weighted by Gasteiger charge is -2.57. The third-order valence-corrected chi connectivity index (χ3v) is 7.89. The van der Waals surface area contributed by atoms with E-state index in [1.54, 1.807) is 6.08 Å². The van der Waals surface area contributed by atoms with Gasteiger partial charge in [-0.2, -0.15) is 0 Å². The smallest absolute Gasteiger partial charge is 0.178 e. The maximum absolute atomic E-state index is 12.8. The summed E-state index contributed by atoms with van der Waals surface area (Å²) >= 11 is 0. The highest BCUT2D eigenvalue weighted by Gasteiger charge is 2.61. The first-order valence-electron chi connectivity index (χ1n) is 9.47. The highest BCUT2D eigenvalue weighted by molar-refractivity contribution is 6.02. The van der Waals surface area contributed by atoms with E-state index in [9.17, 15) is 9.59 Å². The minimum Gasteiger partial charge on any atom is -0.299 e. The van der Waals surface area contributed by atoms with Crippen LogP contribution >= 0.6 is 0 Å². The SMILES string of the molecule is C=C1C[C@@H]2[C@H](CC[C@]3(C(C)C)C(=O)CC[C@@H]23)[C@@]2(C)C=CC(=O)C=C12. The number of fused-ring (bicyclic) bond motifs is 5. The van der Waals surface area contributed by atoms with E-state index in [1.165, 1.54) is 0 Å². The number of Topliss-reactive ketones (excluding diaryl/α,β-unsaturated/α-hetero) is 1. The third-order valence-electron chi connectivity index (χ3n) is 7.89. The second-order valence-corrected chi connectivity index (χ2v) is 8.96. The summed E-state index contributed by atoms with van der Waals surface area (Å²) in [6.45, 7) is 11.1. The monoisotopic (exact) mass is 324 g/mol. The quantitative estimate of drug-likeness (QED) is 0.702. The van der Waals surface area contributed by atoms with Crippen LogP contribution in [0, 0.1) is 34.5 Å². The Hall–Kier alpha value is -1.44. The zero-order valence-corrected chi connectivity index (χ0v) is 15.1. The van der Waals surface area contributed by atoms with Gasteiger partial charge in [0.25, 0.3) is 0 Å². The average Bonchev–Trinajstić information content (AvgIpc) is 2.88. The molecular weight excluding hydrogens is 296 g/mol. The summed E-state index contributed by atoms with van der Waals surface area (Å²) in [7, 11) is 0. The van der Waals surface area contributed by atoms with Crippen LogP contribution in [0.1, 0.15) is 52.9 Å². The number of hydrogen-bond acceptors (Lipinski definition) is 2. The van der Waals surface area contributed by atoms with Crippen LogP contribution in [0.5, 0.6) is 0 Å². The number of carbonyl (C=O) groups is 2. The molecule has 0 bridgehead atoms. The number of hydrogen-bond donors (Lipinski definition) is 0. The molecule has 4 aliphatic carbocycles. The summed E-state index contributed by atoms with van der Waals surface area (Å²) in [6, 6.07) is 0. The molecule has 0 aromatic carbocycles. The Balaban J connectivity index is 1.78. The van der Waals surface area contributed by atoms with Gasteiger partial charge in [-0.25, -0.2) is 0 Å². The minimum atomic E-state index is -0.104. The van der Waals surface area contributed by atoms with E-state index in [0.717, 1.165) is 43.3 Å². The first kappa shape index (κ1) is 16.1. The predicted molar refractivity (Wildman–Crippen MR) is 95.3 cm³/mol. The number of allylic oxidation sites excluding steroid dienone is 5. The highest BCUT2D eigenvalue weighted by Crippen LogP contribution is 2.66. The molecule has 0 spiro atoms. The molecule has 2 nitrogen and oxygen atoms in total. The molecule has 128 valence electrons. The summed E-state index contributed by atoms with van der Waals surface area (Å²) in [5, 5.41) is 0. The van der Waals surface area contributed by atoms with Crippen molar-refractivity contribution in [1.82, 2.24) is 0 Å². The van der Waals surface area contributed by atoms with Gasteiger partial charge in [-0.1, -0.05) is 39.0 Å². The van der Waals surface area contributed by atoms with Crippen LogP contribution in [0.4, 0.5) is 0 Å². The molecule has 0 radical (unpaired) electrons. The molecule has 2 heteroatoms. The van der Waals surface area contributed by atoms with Gasteiger partial charge in [0.1, 0.15) is 5.78 Å². The standard InChI is InChI=1S/C22H28O2/c1-13(2)22-10-8-17-16(18(22)5-6-20(22)24)11-14(3)19-12-15(23)7-9-21(17,19)4/h7,9,12-13,16-18H,3,5-6,8,10-11H2,1-2,4H3/t16-,17+,18+,21-,22-/m1/s1. The molecule has 0 aromatic rings. The average molecular weight is 324 g/mol. The fourth-order valence-corrected chi connectivity index (χ4v) is 6.75. The van der Waals surface area contributed by atoms with Crippen LogP contribution in [0.15, 0.2) is 36.0 Å². The molecule has 4 rings (SSSR count). The summed E-state index contributed by atoms with van der Waals surface area (Å²) in [5.74, 6) is 2.56. The maximum Gasteiger partial charge on any atom is 0.178 e. The van der Waals surface area contributed by atoms with Crippen molar-refractivity contribution >= 4 is 11.6 Å². The van der Waals surface area contributed by atoms with Crippen LogP contribution in [0.25, 0.3) is 0 Å². The van der Waals surface area contributed by atoms with E-state index in [0.29, 0.717) is 29.5 Å². The molecule has 3 saturated carbocycles. The van der Waals surface area contributed by atoms with Gasteiger partial charge in [-0.05, 0) is 67.1 Å². The van der Waals surface area contributed by atoms with Crippen LogP contribution in [0.2, 0.25) is 0 Å². The van der Waals surface area contributed by atoms with Crippen molar-refractivity contribution in [3.8, 4) is 0 Å². The lowest BCUT2D eigenvalue weighted by molar-refractivity contribution is -0.137. The molecule has 0 saturated heterocycles. The molecule has 3 fully saturated rings. The molecule has 0 aromatic heterocycles.